The van der Waals surface area contributed by atoms with Crippen molar-refractivity contribution in [1.82, 2.24) is 4.90 Å². The molecule has 0 heterocycles. The summed E-state index contributed by atoms with van der Waals surface area (Å²) in [5.41, 5.74) is 3.22. The molecule has 2 aromatic rings. The van der Waals surface area contributed by atoms with Crippen molar-refractivity contribution in [1.29, 1.82) is 0 Å². The number of nitrogens with zero attached hydrogens (tertiary/aromatic N) is 1. The quantitative estimate of drug-likeness (QED) is 0.598. The molecule has 0 fully saturated rings. The lowest BCUT2D eigenvalue weighted by molar-refractivity contribution is 0.0909. The van der Waals surface area contributed by atoms with Crippen LogP contribution in [0.2, 0.25) is 10.0 Å². The molecule has 1 atom stereocenters. The number of hydrogen-bond acceptors (Lipinski definition) is 2. The summed E-state index contributed by atoms with van der Waals surface area (Å²) in [6, 6.07) is 11.4. The molecule has 0 saturated carbocycles. The van der Waals surface area contributed by atoms with Gasteiger partial charge in [0.15, 0.2) is 0 Å². The molecule has 3 rings (SSSR count). The van der Waals surface area contributed by atoms with Gasteiger partial charge in [-0.05, 0) is 59.9 Å². The Balaban J connectivity index is 1.67. The van der Waals surface area contributed by atoms with Crippen molar-refractivity contribution < 1.29 is 9.53 Å². The van der Waals surface area contributed by atoms with E-state index in [4.69, 9.17) is 27.9 Å². The lowest BCUT2D eigenvalue weighted by Crippen LogP contribution is -2.30. The molecule has 6 heteroatoms. The lowest BCUT2D eigenvalue weighted by Gasteiger charge is -2.25. The Morgan fingerprint density at radius 2 is 1.96 bits per heavy atom. The molecule has 0 N–H and O–H groups in total. The van der Waals surface area contributed by atoms with Gasteiger partial charge < -0.3 is 9.64 Å². The number of carbonyl (C=O) groups is 1. The van der Waals surface area contributed by atoms with Crippen LogP contribution in [0.15, 0.2) is 40.9 Å². The van der Waals surface area contributed by atoms with E-state index in [1.54, 1.807) is 30.1 Å². The third-order valence-corrected chi connectivity index (χ3v) is 5.12. The van der Waals surface area contributed by atoms with Gasteiger partial charge in [-0.15, -0.1) is 0 Å². The highest BCUT2D eigenvalue weighted by Gasteiger charge is 2.29. The fourth-order valence-electron chi connectivity index (χ4n) is 3.02. The molecule has 0 spiro atoms. The van der Waals surface area contributed by atoms with E-state index < -0.39 is 0 Å². The summed E-state index contributed by atoms with van der Waals surface area (Å²) < 4.78 is 6.43. The number of amides is 1. The zero-order valence-corrected chi connectivity index (χ0v) is 16.2. The lowest BCUT2D eigenvalue weighted by atomic mass is 10.1. The minimum absolute atomic E-state index is 0.0351. The first-order valence-corrected chi connectivity index (χ1v) is 9.12. The molecule has 24 heavy (non-hydrogen) atoms. The van der Waals surface area contributed by atoms with Crippen LogP contribution in [0.5, 0.6) is 0 Å². The van der Waals surface area contributed by atoms with E-state index in [-0.39, 0.29) is 18.7 Å². The second kappa shape index (κ2) is 7.34. The van der Waals surface area contributed by atoms with E-state index in [0.29, 0.717) is 10.0 Å². The number of carbonyl (C=O) groups excluding carboxylic acids is 1. The normalized spacial score (nSPS) is 15.9. The summed E-state index contributed by atoms with van der Waals surface area (Å²) in [4.78, 5) is 14.1. The molecule has 3 nitrogen and oxygen atoms in total. The standard InChI is InChI=1S/C18H16BrCl2NO2/c1-22(17-5-3-12-2-4-13(19)8-16(12)17)18(23)24-10-11-6-14(20)9-15(21)7-11/h2,4,6-9,17H,3,5,10H2,1H3. The maximum atomic E-state index is 12.4. The first kappa shape index (κ1) is 17.6. The van der Waals surface area contributed by atoms with Gasteiger partial charge in [-0.1, -0.05) is 45.2 Å². The van der Waals surface area contributed by atoms with Crippen molar-refractivity contribution in [2.75, 3.05) is 7.05 Å². The summed E-state index contributed by atoms with van der Waals surface area (Å²) >= 11 is 15.4. The van der Waals surface area contributed by atoms with Crippen LogP contribution in [0.4, 0.5) is 4.79 Å². The molecular weight excluding hydrogens is 413 g/mol. The van der Waals surface area contributed by atoms with Gasteiger partial charge in [0, 0.05) is 21.6 Å². The van der Waals surface area contributed by atoms with E-state index in [2.05, 4.69) is 28.1 Å². The molecule has 1 unspecified atom stereocenters. The molecule has 0 radical (unpaired) electrons. The van der Waals surface area contributed by atoms with Gasteiger partial charge >= 0.3 is 6.09 Å². The third kappa shape index (κ3) is 3.88. The number of ether oxygens (including phenoxy) is 1. The summed E-state index contributed by atoms with van der Waals surface area (Å²) in [6.45, 7) is 0.140. The predicted molar refractivity (Wildman–Crippen MR) is 99.6 cm³/mol. The highest BCUT2D eigenvalue weighted by atomic mass is 79.9. The van der Waals surface area contributed by atoms with Gasteiger partial charge in [-0.25, -0.2) is 4.79 Å². The highest BCUT2D eigenvalue weighted by Crippen LogP contribution is 2.37. The average Bonchev–Trinajstić information content (AvgIpc) is 2.94. The average molecular weight is 429 g/mol. The summed E-state index contributed by atoms with van der Waals surface area (Å²) in [7, 11) is 1.77. The van der Waals surface area contributed by atoms with Gasteiger partial charge in [0.1, 0.15) is 6.61 Å². The molecule has 1 amide bonds. The SMILES string of the molecule is CN(C(=O)OCc1cc(Cl)cc(Cl)c1)C1CCc2ccc(Br)cc21. The number of hydrogen-bond donors (Lipinski definition) is 0. The molecule has 2 aromatic carbocycles. The zero-order valence-electron chi connectivity index (χ0n) is 13.1. The minimum atomic E-state index is -0.357. The number of aryl methyl sites for hydroxylation is 1. The Kier molecular flexibility index (Phi) is 5.38. The molecular formula is C18H16BrCl2NO2. The molecule has 1 aliphatic carbocycles. The van der Waals surface area contributed by atoms with Crippen LogP contribution in [0, 0.1) is 0 Å². The topological polar surface area (TPSA) is 29.5 Å². The van der Waals surface area contributed by atoms with E-state index in [0.717, 1.165) is 22.9 Å². The molecule has 1 aliphatic rings. The Morgan fingerprint density at radius 1 is 1.25 bits per heavy atom. The van der Waals surface area contributed by atoms with Crippen LogP contribution in [-0.4, -0.2) is 18.0 Å². The van der Waals surface area contributed by atoms with Gasteiger partial charge in [0.2, 0.25) is 0 Å². The monoisotopic (exact) mass is 427 g/mol. The van der Waals surface area contributed by atoms with Gasteiger partial charge in [-0.3, -0.25) is 0 Å². The first-order valence-electron chi connectivity index (χ1n) is 7.57. The van der Waals surface area contributed by atoms with E-state index in [1.165, 1.54) is 11.1 Å². The summed E-state index contributed by atoms with van der Waals surface area (Å²) in [5, 5.41) is 1.05. The maximum absolute atomic E-state index is 12.4. The minimum Gasteiger partial charge on any atom is -0.445 e. The summed E-state index contributed by atoms with van der Waals surface area (Å²) in [6.07, 6.45) is 1.51. The Hall–Kier alpha value is -1.23. The fourth-order valence-corrected chi connectivity index (χ4v) is 3.97. The smallest absolute Gasteiger partial charge is 0.410 e. The van der Waals surface area contributed by atoms with E-state index in [9.17, 15) is 4.79 Å². The van der Waals surface area contributed by atoms with Crippen molar-refractivity contribution in [3.8, 4) is 0 Å². The second-order valence-corrected chi connectivity index (χ2v) is 7.63. The maximum Gasteiger partial charge on any atom is 0.410 e. The van der Waals surface area contributed by atoms with Crippen molar-refractivity contribution in [2.24, 2.45) is 0 Å². The number of benzene rings is 2. The van der Waals surface area contributed by atoms with Crippen LogP contribution in [0.3, 0.4) is 0 Å². The van der Waals surface area contributed by atoms with Crippen LogP contribution in [0.1, 0.15) is 29.2 Å². The number of halogens is 3. The van der Waals surface area contributed by atoms with Crippen LogP contribution < -0.4 is 0 Å². The highest BCUT2D eigenvalue weighted by molar-refractivity contribution is 9.10. The van der Waals surface area contributed by atoms with Gasteiger partial charge in [-0.2, -0.15) is 0 Å². The Bertz CT molecular complexity index is 761. The Labute approximate surface area is 159 Å². The van der Waals surface area contributed by atoms with Crippen molar-refractivity contribution in [2.45, 2.75) is 25.5 Å². The summed E-state index contributed by atoms with van der Waals surface area (Å²) in [5.74, 6) is 0. The molecule has 0 bridgehead atoms. The second-order valence-electron chi connectivity index (χ2n) is 5.84. The Morgan fingerprint density at radius 3 is 2.67 bits per heavy atom. The third-order valence-electron chi connectivity index (χ3n) is 4.19. The fraction of sp³-hybridized carbons (Fsp3) is 0.278. The number of fused-ring (bicyclic) bond motifs is 1. The molecule has 0 aliphatic heterocycles. The molecule has 126 valence electrons. The molecule has 0 saturated heterocycles. The molecule has 0 aromatic heterocycles. The van der Waals surface area contributed by atoms with Crippen LogP contribution in [-0.2, 0) is 17.8 Å². The van der Waals surface area contributed by atoms with Crippen LogP contribution in [0.25, 0.3) is 0 Å². The van der Waals surface area contributed by atoms with Crippen LogP contribution >= 0.6 is 39.1 Å². The zero-order chi connectivity index (χ0) is 17.3. The van der Waals surface area contributed by atoms with Crippen molar-refractivity contribution in [3.05, 3.63) is 67.6 Å². The number of rotatable bonds is 3. The van der Waals surface area contributed by atoms with Crippen molar-refractivity contribution >= 4 is 45.2 Å². The largest absolute Gasteiger partial charge is 0.445 e. The van der Waals surface area contributed by atoms with Crippen molar-refractivity contribution in [3.63, 3.8) is 0 Å². The van der Waals surface area contributed by atoms with Gasteiger partial charge in [0.25, 0.3) is 0 Å². The van der Waals surface area contributed by atoms with E-state index >= 15 is 0 Å². The first-order chi connectivity index (χ1) is 11.4. The predicted octanol–water partition coefficient (Wildman–Crippen LogP) is 6.01. The van der Waals surface area contributed by atoms with E-state index in [1.807, 2.05) is 6.07 Å². The van der Waals surface area contributed by atoms with Gasteiger partial charge in [0.05, 0.1) is 6.04 Å².